The standard InChI is InChI=1S/C12H20OSi.C10H14O2Si.C10H16O2Si.C10H16OSi.C9H14OSi.C9H12OSi/c1-12(2,3)13-11-7-5-10(6-8-11)9-14-4;1-13-7-8-2-3-9-10(6-8)12-5-4-11-9;1-11-9-4-8(7-13-3)5-10(6-9)12-2;1-3-11-10-6-4-9(5-7-10)8-12-2;1-10-9-5-3-8(4-6-9)7-11-2;1-3-10-8-4-6-9(11-2)7-5-8/h5-8H,9,14H2,1-4H3;2-3,6H,4-5,7,13H2,1H3;4-6H,7,13H2,1-3H3;4-7H,3,8,12H2,1-2H3;3-6H,7,11H2,1-2H3;3-7H,1,11H2,2H3. The Kier molecular flexibility index (Phi) is 34.4. The number of hydrogen-bond donors (Lipinski definition) is 0. The maximum atomic E-state index is 5.75. The lowest BCUT2D eigenvalue weighted by atomic mass is 10.2. The van der Waals surface area contributed by atoms with Gasteiger partial charge in [0.1, 0.15) is 53.3 Å². The first kappa shape index (κ1) is 64.9. The van der Waals surface area contributed by atoms with Crippen LogP contribution in [0.4, 0.5) is 0 Å². The van der Waals surface area contributed by atoms with Crippen molar-refractivity contribution < 1.29 is 37.9 Å². The first-order valence-electron chi connectivity index (χ1n) is 26.9. The fourth-order valence-electron chi connectivity index (χ4n) is 7.39. The monoisotopic (exact) mass is 1110 g/mol. The molecule has 1 heterocycles. The molecule has 0 amide bonds. The second kappa shape index (κ2) is 39.2. The number of rotatable bonds is 19. The van der Waals surface area contributed by atoms with Crippen molar-refractivity contribution in [3.05, 3.63) is 174 Å². The summed E-state index contributed by atoms with van der Waals surface area (Å²) in [5.41, 5.74) is 6.96. The van der Waals surface area contributed by atoms with Gasteiger partial charge in [-0.15, -0.1) is 0 Å². The Morgan fingerprint density at radius 2 is 0.865 bits per heavy atom. The van der Waals surface area contributed by atoms with Crippen LogP contribution < -0.4 is 43.1 Å². The first-order valence-corrected chi connectivity index (χ1v) is 41.1. The van der Waals surface area contributed by atoms with E-state index in [0.717, 1.165) is 52.6 Å². The predicted molar refractivity (Wildman–Crippen MR) is 336 cm³/mol. The van der Waals surface area contributed by atoms with E-state index in [9.17, 15) is 0 Å². The van der Waals surface area contributed by atoms with E-state index in [1.54, 1.807) is 21.3 Å². The van der Waals surface area contributed by atoms with Crippen LogP contribution in [0.15, 0.2) is 146 Å². The van der Waals surface area contributed by atoms with Gasteiger partial charge in [0.25, 0.3) is 0 Å². The Morgan fingerprint density at radius 3 is 1.28 bits per heavy atom. The van der Waals surface area contributed by atoms with Crippen molar-refractivity contribution in [2.75, 3.05) is 41.2 Å². The highest BCUT2D eigenvalue weighted by Crippen LogP contribution is 2.31. The zero-order chi connectivity index (χ0) is 54.4. The van der Waals surface area contributed by atoms with Gasteiger partial charge in [0.2, 0.25) is 0 Å². The quantitative estimate of drug-likeness (QED) is 0.0588. The van der Waals surface area contributed by atoms with Crippen molar-refractivity contribution >= 4 is 62.3 Å². The van der Waals surface area contributed by atoms with Gasteiger partial charge < -0.3 is 37.9 Å². The van der Waals surface area contributed by atoms with Crippen LogP contribution in [0.5, 0.6) is 46.0 Å². The van der Waals surface area contributed by atoms with E-state index in [2.05, 4.69) is 164 Å². The molecule has 0 aliphatic carbocycles. The highest BCUT2D eigenvalue weighted by atomic mass is 28.2. The van der Waals surface area contributed by atoms with E-state index in [0.29, 0.717) is 13.2 Å². The molecule has 6 aromatic rings. The lowest BCUT2D eigenvalue weighted by molar-refractivity contribution is 0.131. The van der Waals surface area contributed by atoms with E-state index in [-0.39, 0.29) is 62.7 Å². The number of fused-ring (bicyclic) bond motifs is 1. The summed E-state index contributed by atoms with van der Waals surface area (Å²) in [6.45, 7) is 27.7. The Labute approximate surface area is 461 Å². The van der Waals surface area contributed by atoms with Gasteiger partial charge in [-0.05, 0) is 142 Å². The highest BCUT2D eigenvalue weighted by molar-refractivity contribution is 6.51. The third-order valence-electron chi connectivity index (χ3n) is 11.0. The minimum Gasteiger partial charge on any atom is -0.497 e. The summed E-state index contributed by atoms with van der Waals surface area (Å²) in [5, 5.41) is 1.46. The summed E-state index contributed by atoms with van der Waals surface area (Å²) in [4.78, 5) is 0. The van der Waals surface area contributed by atoms with Crippen LogP contribution in [-0.4, -0.2) is 104 Å². The van der Waals surface area contributed by atoms with Gasteiger partial charge in [0, 0.05) is 53.7 Å². The summed E-state index contributed by atoms with van der Waals surface area (Å²) in [6.07, 6.45) is 1.44. The second-order valence-electron chi connectivity index (χ2n) is 18.5. The average Bonchev–Trinajstić information content (AvgIpc) is 3.41. The van der Waals surface area contributed by atoms with Crippen molar-refractivity contribution in [2.45, 2.75) is 103 Å². The van der Waals surface area contributed by atoms with Gasteiger partial charge in [-0.25, -0.2) is 0 Å². The van der Waals surface area contributed by atoms with Crippen molar-refractivity contribution in [3.63, 3.8) is 0 Å². The summed E-state index contributed by atoms with van der Waals surface area (Å²) in [5.74, 6) is 7.36. The van der Waals surface area contributed by atoms with E-state index in [4.69, 9.17) is 37.9 Å². The highest BCUT2D eigenvalue weighted by Gasteiger charge is 2.12. The topological polar surface area (TPSA) is 73.8 Å². The number of hydrogen-bond acceptors (Lipinski definition) is 8. The van der Waals surface area contributed by atoms with E-state index >= 15 is 0 Å². The average molecular weight is 1110 g/mol. The van der Waals surface area contributed by atoms with Crippen LogP contribution in [0.3, 0.4) is 0 Å². The van der Waals surface area contributed by atoms with E-state index in [1.807, 2.05) is 43.3 Å². The number of methoxy groups -OCH3 is 3. The molecule has 74 heavy (non-hydrogen) atoms. The molecule has 0 saturated carbocycles. The first-order chi connectivity index (χ1) is 35.8. The minimum absolute atomic E-state index is 0.0200. The summed E-state index contributed by atoms with van der Waals surface area (Å²) in [7, 11) is 5.63. The third kappa shape index (κ3) is 28.4. The third-order valence-corrected chi connectivity index (χ3v) is 17.7. The van der Waals surface area contributed by atoms with E-state index in [1.165, 1.54) is 69.5 Å². The summed E-state index contributed by atoms with van der Waals surface area (Å²) in [6, 6.07) is 52.2. The molecular weight excluding hydrogens is 1020 g/mol. The minimum atomic E-state index is -0.0962. The summed E-state index contributed by atoms with van der Waals surface area (Å²) < 4.78 is 42.5. The fourth-order valence-corrected chi connectivity index (χ4v) is 12.6. The fraction of sp³-hybridized carbons (Fsp3) is 0.367. The Hall–Kier alpha value is -5.24. The Bertz CT molecular complexity index is 2310. The van der Waals surface area contributed by atoms with Gasteiger partial charge in [-0.2, -0.15) is 0 Å². The molecule has 0 atom stereocenters. The van der Waals surface area contributed by atoms with Crippen molar-refractivity contribution in [3.8, 4) is 46.0 Å². The van der Waals surface area contributed by atoms with Crippen molar-refractivity contribution in [1.29, 1.82) is 0 Å². The van der Waals surface area contributed by atoms with Crippen LogP contribution in [0.2, 0.25) is 39.3 Å². The molecule has 0 radical (unpaired) electrons. The molecule has 0 N–H and O–H groups in total. The maximum Gasteiger partial charge on any atom is 0.161 e. The molecule has 8 nitrogen and oxygen atoms in total. The Balaban J connectivity index is 0.000000305. The predicted octanol–water partition coefficient (Wildman–Crippen LogP) is 9.44. The van der Waals surface area contributed by atoms with Crippen LogP contribution >= 0.6 is 0 Å². The van der Waals surface area contributed by atoms with Crippen LogP contribution in [0.1, 0.15) is 55.5 Å². The van der Waals surface area contributed by atoms with Crippen molar-refractivity contribution in [1.82, 2.24) is 0 Å². The molecule has 1 aliphatic rings. The van der Waals surface area contributed by atoms with Crippen molar-refractivity contribution in [2.24, 2.45) is 0 Å². The van der Waals surface area contributed by atoms with E-state index < -0.39 is 0 Å². The SMILES string of the molecule is C=COc1ccc([SiH2]C)cc1.CCOc1ccc(C[SiH2]C)cc1.COc1cc(C[SiH2]C)cc(OC)c1.COc1ccc(C[SiH2]C)cc1.C[SiH2]Cc1ccc(OC(C)(C)C)cc1.C[SiH2]Cc1ccc2c(c1)OCCO2. The second-order valence-corrected chi connectivity index (χ2v) is 27.5. The van der Waals surface area contributed by atoms with Gasteiger partial charge in [-0.1, -0.05) is 122 Å². The molecule has 404 valence electrons. The zero-order valence-electron chi connectivity index (χ0n) is 47.7. The largest absolute Gasteiger partial charge is 0.497 e. The molecule has 0 spiro atoms. The lowest BCUT2D eigenvalue weighted by Crippen LogP contribution is -2.22. The number of benzene rings is 6. The molecule has 7 rings (SSSR count). The van der Waals surface area contributed by atoms with Crippen LogP contribution in [0.25, 0.3) is 0 Å². The molecule has 0 saturated heterocycles. The molecular formula is C60H92O8Si6. The van der Waals surface area contributed by atoms with Gasteiger partial charge in [0.05, 0.1) is 43.7 Å². The smallest absolute Gasteiger partial charge is 0.161 e. The summed E-state index contributed by atoms with van der Waals surface area (Å²) >= 11 is 0. The van der Waals surface area contributed by atoms with Gasteiger partial charge >= 0.3 is 0 Å². The molecule has 1 aliphatic heterocycles. The van der Waals surface area contributed by atoms with Crippen LogP contribution in [0, 0.1) is 0 Å². The Morgan fingerprint density at radius 1 is 0.459 bits per heavy atom. The zero-order valence-corrected chi connectivity index (χ0v) is 56.1. The normalized spacial score (nSPS) is 11.7. The molecule has 0 aromatic heterocycles. The molecule has 14 heteroatoms. The molecule has 6 aromatic carbocycles. The lowest BCUT2D eigenvalue weighted by Gasteiger charge is -2.21. The van der Waals surface area contributed by atoms with Gasteiger partial charge in [0.15, 0.2) is 11.5 Å². The molecule has 0 bridgehead atoms. The number of ether oxygens (including phenoxy) is 8. The van der Waals surface area contributed by atoms with Gasteiger partial charge in [-0.3, -0.25) is 0 Å². The molecule has 0 fully saturated rings. The molecule has 0 unspecified atom stereocenters. The maximum absolute atomic E-state index is 5.75. The van der Waals surface area contributed by atoms with Crippen LogP contribution in [-0.2, 0) is 30.2 Å².